The molecule has 1 heterocycles. The topological polar surface area (TPSA) is 75.7 Å². The highest BCUT2D eigenvalue weighted by atomic mass is 16.5. The van der Waals surface area contributed by atoms with E-state index in [1.807, 2.05) is 20.8 Å². The molecule has 21 heavy (non-hydrogen) atoms. The zero-order valence-corrected chi connectivity index (χ0v) is 13.6. The molecule has 1 unspecified atom stereocenters. The molecule has 120 valence electrons. The number of hydrogen-bond donors (Lipinski definition) is 1. The number of nitrogens with zero attached hydrogens (tertiary/aromatic N) is 1. The number of ether oxygens (including phenoxy) is 1. The fourth-order valence-corrected chi connectivity index (χ4v) is 2.68. The number of hydrogen-bond acceptors (Lipinski definition) is 4. The lowest BCUT2D eigenvalue weighted by molar-refractivity contribution is -0.155. The molecule has 1 rings (SSSR count). The van der Waals surface area contributed by atoms with E-state index in [1.165, 1.54) is 4.90 Å². The first-order valence-electron chi connectivity index (χ1n) is 7.62. The van der Waals surface area contributed by atoms with Crippen molar-refractivity contribution in [1.29, 1.82) is 0 Å². The summed E-state index contributed by atoms with van der Waals surface area (Å²) in [7, 11) is 0. The van der Waals surface area contributed by atoms with E-state index in [-0.39, 0.29) is 18.6 Å². The van der Waals surface area contributed by atoms with E-state index in [9.17, 15) is 14.4 Å². The quantitative estimate of drug-likeness (QED) is 0.729. The lowest BCUT2D eigenvalue weighted by atomic mass is 9.78. The van der Waals surface area contributed by atoms with Crippen molar-refractivity contribution in [1.82, 2.24) is 10.2 Å². The third kappa shape index (κ3) is 3.10. The van der Waals surface area contributed by atoms with Crippen molar-refractivity contribution in [2.75, 3.05) is 13.2 Å². The summed E-state index contributed by atoms with van der Waals surface area (Å²) in [6, 6.07) is -1.01. The van der Waals surface area contributed by atoms with Crippen molar-refractivity contribution in [2.45, 2.75) is 53.5 Å². The maximum absolute atomic E-state index is 12.8. The molecule has 1 aliphatic heterocycles. The van der Waals surface area contributed by atoms with E-state index < -0.39 is 23.3 Å². The minimum Gasteiger partial charge on any atom is -0.380 e. The van der Waals surface area contributed by atoms with Gasteiger partial charge >= 0.3 is 6.03 Å². The number of amides is 4. The van der Waals surface area contributed by atoms with E-state index in [1.54, 1.807) is 13.8 Å². The zero-order chi connectivity index (χ0) is 16.2. The summed E-state index contributed by atoms with van der Waals surface area (Å²) in [6.45, 7) is 10.1. The van der Waals surface area contributed by atoms with Crippen molar-refractivity contribution in [2.24, 2.45) is 11.3 Å². The van der Waals surface area contributed by atoms with Crippen molar-refractivity contribution in [3.05, 3.63) is 0 Å². The molecule has 0 bridgehead atoms. The van der Waals surface area contributed by atoms with Crippen LogP contribution < -0.4 is 5.32 Å². The van der Waals surface area contributed by atoms with Crippen LogP contribution in [0, 0.1) is 11.3 Å². The Hall–Kier alpha value is -1.43. The van der Waals surface area contributed by atoms with Crippen LogP contribution in [0.15, 0.2) is 0 Å². The molecule has 1 saturated heterocycles. The number of rotatable bonds is 7. The summed E-state index contributed by atoms with van der Waals surface area (Å²) >= 11 is 0. The maximum Gasteiger partial charge on any atom is 0.331 e. The van der Waals surface area contributed by atoms with Gasteiger partial charge in [-0.3, -0.25) is 19.8 Å². The lowest BCUT2D eigenvalue weighted by Crippen LogP contribution is -2.67. The second-order valence-corrected chi connectivity index (χ2v) is 5.69. The van der Waals surface area contributed by atoms with Gasteiger partial charge in [0, 0.05) is 6.61 Å². The van der Waals surface area contributed by atoms with Gasteiger partial charge in [-0.05, 0) is 25.7 Å². The first-order valence-corrected chi connectivity index (χ1v) is 7.62. The molecule has 6 nitrogen and oxygen atoms in total. The largest absolute Gasteiger partial charge is 0.380 e. The monoisotopic (exact) mass is 298 g/mol. The lowest BCUT2D eigenvalue weighted by Gasteiger charge is -2.42. The number of carbonyl (C=O) groups excluding carboxylic acids is 3. The van der Waals surface area contributed by atoms with Crippen LogP contribution in [-0.4, -0.2) is 42.0 Å². The van der Waals surface area contributed by atoms with Gasteiger partial charge in [0.15, 0.2) is 0 Å². The molecule has 1 aliphatic rings. The summed E-state index contributed by atoms with van der Waals surface area (Å²) in [5, 5.41) is 2.34. The number of nitrogens with one attached hydrogen (secondary N) is 1. The molecule has 0 radical (unpaired) electrons. The highest BCUT2D eigenvalue weighted by Gasteiger charge is 2.53. The van der Waals surface area contributed by atoms with Gasteiger partial charge < -0.3 is 4.74 Å². The molecule has 0 aromatic heterocycles. The van der Waals surface area contributed by atoms with Gasteiger partial charge in [-0.25, -0.2) is 4.79 Å². The van der Waals surface area contributed by atoms with Crippen LogP contribution >= 0.6 is 0 Å². The third-order valence-corrected chi connectivity index (χ3v) is 4.30. The van der Waals surface area contributed by atoms with Crippen molar-refractivity contribution >= 4 is 17.8 Å². The van der Waals surface area contributed by atoms with Crippen LogP contribution in [0.25, 0.3) is 0 Å². The molecule has 0 aromatic carbocycles. The minimum atomic E-state index is -1.15. The number of barbiturate groups is 1. The highest BCUT2D eigenvalue weighted by Crippen LogP contribution is 2.34. The van der Waals surface area contributed by atoms with Gasteiger partial charge in [0.1, 0.15) is 5.41 Å². The summed E-state index contributed by atoms with van der Waals surface area (Å²) in [4.78, 5) is 38.3. The number of carbonyl (C=O) groups is 3. The molecular weight excluding hydrogens is 272 g/mol. The average Bonchev–Trinajstić information content (AvgIpc) is 2.43. The van der Waals surface area contributed by atoms with Gasteiger partial charge in [-0.2, -0.15) is 0 Å². The highest BCUT2D eigenvalue weighted by molar-refractivity contribution is 6.19. The van der Waals surface area contributed by atoms with Gasteiger partial charge in [0.25, 0.3) is 0 Å². The normalized spacial score (nSPS) is 19.9. The molecule has 0 aliphatic carbocycles. The Kier molecular flexibility index (Phi) is 5.89. The minimum absolute atomic E-state index is 0.0471. The van der Waals surface area contributed by atoms with E-state index in [0.29, 0.717) is 19.4 Å². The van der Waals surface area contributed by atoms with Crippen LogP contribution in [0.1, 0.15) is 47.5 Å². The predicted octanol–water partition coefficient (Wildman–Crippen LogP) is 1.93. The van der Waals surface area contributed by atoms with Crippen LogP contribution in [0.4, 0.5) is 4.79 Å². The van der Waals surface area contributed by atoms with Crippen molar-refractivity contribution in [3.63, 3.8) is 0 Å². The van der Waals surface area contributed by atoms with Crippen LogP contribution in [0.3, 0.4) is 0 Å². The molecule has 0 saturated carbocycles. The smallest absolute Gasteiger partial charge is 0.331 e. The second kappa shape index (κ2) is 7.02. The molecule has 0 aromatic rings. The number of urea groups is 1. The van der Waals surface area contributed by atoms with Crippen LogP contribution in [-0.2, 0) is 14.3 Å². The summed E-state index contributed by atoms with van der Waals surface area (Å²) in [5.74, 6) is -0.844. The van der Waals surface area contributed by atoms with E-state index in [2.05, 4.69) is 5.32 Å². The van der Waals surface area contributed by atoms with E-state index >= 15 is 0 Å². The first kappa shape index (κ1) is 17.6. The van der Waals surface area contributed by atoms with E-state index in [4.69, 9.17) is 4.74 Å². The average molecular weight is 298 g/mol. The fraction of sp³-hybridized carbons (Fsp3) is 0.800. The molecule has 6 heteroatoms. The van der Waals surface area contributed by atoms with Crippen molar-refractivity contribution in [3.8, 4) is 0 Å². The summed E-state index contributed by atoms with van der Waals surface area (Å²) in [6.07, 6.45) is 0.745. The Bertz CT molecular complexity index is 416. The Morgan fingerprint density at radius 2 is 1.71 bits per heavy atom. The van der Waals surface area contributed by atoms with Gasteiger partial charge in [-0.1, -0.05) is 27.7 Å². The fourth-order valence-electron chi connectivity index (χ4n) is 2.68. The van der Waals surface area contributed by atoms with Gasteiger partial charge in [-0.15, -0.1) is 0 Å². The SMILES string of the molecule is CCOCC(C(C)C)N1C(=O)NC(=O)C(CC)(CC)C1=O. The molecule has 0 spiro atoms. The zero-order valence-electron chi connectivity index (χ0n) is 13.6. The van der Waals surface area contributed by atoms with Crippen LogP contribution in [0.5, 0.6) is 0 Å². The standard InChI is InChI=1S/C15H26N2O4/c1-6-15(7-2)12(18)16-14(20)17(13(15)19)11(10(4)5)9-21-8-3/h10-11H,6-9H2,1-5H3,(H,16,18,20). The Balaban J connectivity index is 3.16. The summed E-state index contributed by atoms with van der Waals surface area (Å²) < 4.78 is 5.41. The Labute approximate surface area is 126 Å². The number of imide groups is 2. The molecule has 1 atom stereocenters. The molecular formula is C15H26N2O4. The molecule has 4 amide bonds. The van der Waals surface area contributed by atoms with Gasteiger partial charge in [0.2, 0.25) is 11.8 Å². The Morgan fingerprint density at radius 1 is 1.14 bits per heavy atom. The molecule has 1 fully saturated rings. The predicted molar refractivity (Wildman–Crippen MR) is 78.5 cm³/mol. The summed E-state index contributed by atoms with van der Waals surface area (Å²) in [5.41, 5.74) is -1.15. The van der Waals surface area contributed by atoms with Crippen LogP contribution in [0.2, 0.25) is 0 Å². The van der Waals surface area contributed by atoms with E-state index in [0.717, 1.165) is 0 Å². The van der Waals surface area contributed by atoms with Gasteiger partial charge in [0.05, 0.1) is 12.6 Å². The van der Waals surface area contributed by atoms with Crippen molar-refractivity contribution < 1.29 is 19.1 Å². The Morgan fingerprint density at radius 3 is 2.14 bits per heavy atom. The third-order valence-electron chi connectivity index (χ3n) is 4.30. The maximum atomic E-state index is 12.8. The second-order valence-electron chi connectivity index (χ2n) is 5.69. The molecule has 1 N–H and O–H groups in total. The first-order chi connectivity index (χ1) is 9.85.